The maximum Gasteiger partial charge on any atom is 0.333 e. The second kappa shape index (κ2) is 10.1. The highest BCUT2D eigenvalue weighted by Gasteiger charge is 2.38. The molecule has 0 saturated carbocycles. The highest BCUT2D eigenvalue weighted by molar-refractivity contribution is 7.80. The lowest BCUT2D eigenvalue weighted by atomic mass is 9.98. The van der Waals surface area contributed by atoms with Gasteiger partial charge in [-0.3, -0.25) is 19.4 Å². The van der Waals surface area contributed by atoms with Crippen molar-refractivity contribution in [3.05, 3.63) is 22.8 Å². The Morgan fingerprint density at radius 2 is 1.91 bits per heavy atom. The fraction of sp³-hybridized carbons (Fsp3) is 0.455. The molecule has 178 valence electrons. The number of thiocarbonyl (C=S) groups is 1. The van der Waals surface area contributed by atoms with Gasteiger partial charge >= 0.3 is 6.03 Å². The Labute approximate surface area is 197 Å². The van der Waals surface area contributed by atoms with E-state index in [9.17, 15) is 14.4 Å². The molecule has 2 aliphatic heterocycles. The highest BCUT2D eigenvalue weighted by Crippen LogP contribution is 2.46. The van der Waals surface area contributed by atoms with Gasteiger partial charge in [-0.1, -0.05) is 6.92 Å². The lowest BCUT2D eigenvalue weighted by Gasteiger charge is -2.29. The Hall–Kier alpha value is -3.34. The van der Waals surface area contributed by atoms with Crippen molar-refractivity contribution >= 4 is 41.3 Å². The molecule has 1 aromatic rings. The van der Waals surface area contributed by atoms with Crippen LogP contribution >= 0.6 is 12.2 Å². The van der Waals surface area contributed by atoms with Crippen LogP contribution in [0.3, 0.4) is 0 Å². The number of carbonyl (C=O) groups is 3. The molecule has 1 fully saturated rings. The zero-order valence-electron chi connectivity index (χ0n) is 19.3. The molecule has 0 aliphatic carbocycles. The molecule has 1 atom stereocenters. The van der Waals surface area contributed by atoms with Gasteiger partial charge in [0.2, 0.25) is 12.5 Å². The van der Waals surface area contributed by atoms with E-state index in [4.69, 9.17) is 26.4 Å². The maximum atomic E-state index is 12.7. The van der Waals surface area contributed by atoms with Gasteiger partial charge in [0, 0.05) is 32.2 Å². The first-order valence-corrected chi connectivity index (χ1v) is 11.0. The summed E-state index contributed by atoms with van der Waals surface area (Å²) in [4.78, 5) is 39.3. The van der Waals surface area contributed by atoms with E-state index in [-0.39, 0.29) is 18.4 Å². The molecule has 3 rings (SSSR count). The van der Waals surface area contributed by atoms with Crippen LogP contribution < -0.4 is 24.8 Å². The highest BCUT2D eigenvalue weighted by atomic mass is 32.1. The van der Waals surface area contributed by atoms with E-state index >= 15 is 0 Å². The normalized spacial score (nSPS) is 16.2. The summed E-state index contributed by atoms with van der Waals surface area (Å²) in [6, 6.07) is 1.35. The van der Waals surface area contributed by atoms with Crippen LogP contribution in [0.4, 0.5) is 4.79 Å². The predicted molar refractivity (Wildman–Crippen MR) is 125 cm³/mol. The third kappa shape index (κ3) is 4.87. The number of hydrogen-bond acceptors (Lipinski definition) is 7. The number of urea groups is 1. The number of fused-ring (bicyclic) bond motifs is 1. The summed E-state index contributed by atoms with van der Waals surface area (Å²) in [5.41, 5.74) is 1.10. The quantitative estimate of drug-likeness (QED) is 0.345. The van der Waals surface area contributed by atoms with Gasteiger partial charge in [0.15, 0.2) is 16.6 Å². The van der Waals surface area contributed by atoms with Crippen molar-refractivity contribution < 1.29 is 28.6 Å². The lowest BCUT2D eigenvalue weighted by molar-refractivity contribution is -0.134. The van der Waals surface area contributed by atoms with E-state index in [1.165, 1.54) is 27.3 Å². The van der Waals surface area contributed by atoms with Crippen LogP contribution in [0.2, 0.25) is 0 Å². The Morgan fingerprint density at radius 1 is 1.24 bits per heavy atom. The fourth-order valence-electron chi connectivity index (χ4n) is 3.45. The van der Waals surface area contributed by atoms with Crippen molar-refractivity contribution in [1.29, 1.82) is 0 Å². The van der Waals surface area contributed by atoms with Crippen molar-refractivity contribution in [1.82, 2.24) is 20.4 Å². The first-order valence-electron chi connectivity index (χ1n) is 10.5. The molecule has 2 N–H and O–H groups in total. The molecule has 4 amide bonds. The fourth-order valence-corrected chi connectivity index (χ4v) is 3.76. The Morgan fingerprint density at radius 3 is 2.52 bits per heavy atom. The number of benzene rings is 1. The van der Waals surface area contributed by atoms with Crippen LogP contribution in [0.25, 0.3) is 6.08 Å². The van der Waals surface area contributed by atoms with Crippen LogP contribution in [-0.2, 0) is 16.0 Å². The van der Waals surface area contributed by atoms with Crippen molar-refractivity contribution in [2.75, 3.05) is 34.5 Å². The van der Waals surface area contributed by atoms with E-state index in [1.54, 1.807) is 6.07 Å². The predicted octanol–water partition coefficient (Wildman–Crippen LogP) is 1.66. The summed E-state index contributed by atoms with van der Waals surface area (Å²) in [5.74, 6) is -0.134. The molecule has 33 heavy (non-hydrogen) atoms. The minimum absolute atomic E-state index is 0.0319. The number of hydrogen-bond donors (Lipinski definition) is 2. The first-order chi connectivity index (χ1) is 15.7. The summed E-state index contributed by atoms with van der Waals surface area (Å²) >= 11 is 5.34. The number of imide groups is 2. The molecule has 2 aliphatic rings. The third-order valence-corrected chi connectivity index (χ3v) is 5.81. The molecule has 0 bridgehead atoms. The summed E-state index contributed by atoms with van der Waals surface area (Å²) < 4.78 is 16.7. The smallest absolute Gasteiger partial charge is 0.333 e. The maximum absolute atomic E-state index is 12.7. The number of likely N-dealkylation sites (N-methyl/N-ethyl adjacent to an activating group) is 2. The van der Waals surface area contributed by atoms with Crippen molar-refractivity contribution in [2.45, 2.75) is 32.7 Å². The molecule has 1 aromatic carbocycles. The van der Waals surface area contributed by atoms with Crippen LogP contribution in [0.1, 0.15) is 31.4 Å². The van der Waals surface area contributed by atoms with Crippen LogP contribution in [0, 0.1) is 0 Å². The van der Waals surface area contributed by atoms with Gasteiger partial charge in [-0.15, -0.1) is 0 Å². The molecular weight excluding hydrogens is 448 g/mol. The van der Waals surface area contributed by atoms with E-state index in [1.807, 2.05) is 6.92 Å². The number of nitrogens with one attached hydrogen (secondary N) is 2. The Kier molecular flexibility index (Phi) is 7.42. The number of nitrogens with zero attached hydrogens (tertiary/aromatic N) is 2. The summed E-state index contributed by atoms with van der Waals surface area (Å²) in [7, 11) is 4.13. The number of rotatable bonds is 7. The Balaban J connectivity index is 1.97. The number of barbiturate groups is 1. The molecule has 0 spiro atoms. The van der Waals surface area contributed by atoms with Crippen LogP contribution in [0.5, 0.6) is 17.2 Å². The number of amides is 4. The first kappa shape index (κ1) is 24.3. The Bertz CT molecular complexity index is 999. The molecule has 1 unspecified atom stereocenters. The molecule has 2 heterocycles. The average Bonchev–Trinajstić information content (AvgIpc) is 3.27. The summed E-state index contributed by atoms with van der Waals surface area (Å²) in [6.07, 6.45) is 2.86. The van der Waals surface area contributed by atoms with Gasteiger partial charge in [-0.05, 0) is 49.7 Å². The lowest BCUT2D eigenvalue weighted by Crippen LogP contribution is -2.52. The van der Waals surface area contributed by atoms with Gasteiger partial charge in [0.05, 0.1) is 7.11 Å². The largest absolute Gasteiger partial charge is 0.492 e. The molecular formula is C22H28N4O6S. The van der Waals surface area contributed by atoms with E-state index in [2.05, 4.69) is 17.6 Å². The second-order valence-electron chi connectivity index (χ2n) is 7.74. The minimum atomic E-state index is -0.689. The van der Waals surface area contributed by atoms with Gasteiger partial charge in [-0.2, -0.15) is 0 Å². The van der Waals surface area contributed by atoms with E-state index < -0.39 is 17.8 Å². The topological polar surface area (TPSA) is 109 Å². The van der Waals surface area contributed by atoms with Crippen molar-refractivity contribution in [3.8, 4) is 17.2 Å². The summed E-state index contributed by atoms with van der Waals surface area (Å²) in [6.45, 7) is 4.62. The SMILES string of the molecule is CCC(C)NC(=S)NCCc1cc2c(c(OC)c1C=C1C(=O)N(C)C(=O)N(C)C1=O)OCO2. The monoisotopic (exact) mass is 476 g/mol. The van der Waals surface area contributed by atoms with Gasteiger partial charge < -0.3 is 24.8 Å². The molecule has 10 nitrogen and oxygen atoms in total. The summed E-state index contributed by atoms with van der Waals surface area (Å²) in [5, 5.41) is 6.89. The molecule has 11 heteroatoms. The van der Waals surface area contributed by atoms with Gasteiger partial charge in [0.1, 0.15) is 5.57 Å². The van der Waals surface area contributed by atoms with Gasteiger partial charge in [0.25, 0.3) is 11.8 Å². The third-order valence-electron chi connectivity index (χ3n) is 5.55. The second-order valence-corrected chi connectivity index (χ2v) is 8.15. The standard InChI is InChI=1S/C22H28N4O6S/c1-6-12(2)24-21(33)23-8-7-13-9-16-18(32-11-31-16)17(30-5)14(13)10-15-19(27)25(3)22(29)26(4)20(15)28/h9-10,12H,6-8,11H2,1-5H3,(H2,23,24,33). The molecule has 1 saturated heterocycles. The number of ether oxygens (including phenoxy) is 3. The van der Waals surface area contributed by atoms with Crippen molar-refractivity contribution in [3.63, 3.8) is 0 Å². The number of methoxy groups -OCH3 is 1. The van der Waals surface area contributed by atoms with Crippen LogP contribution in [0.15, 0.2) is 11.6 Å². The molecule has 0 aromatic heterocycles. The zero-order valence-corrected chi connectivity index (χ0v) is 20.1. The average molecular weight is 477 g/mol. The van der Waals surface area contributed by atoms with E-state index in [0.29, 0.717) is 40.9 Å². The minimum Gasteiger partial charge on any atom is -0.492 e. The van der Waals surface area contributed by atoms with Crippen LogP contribution in [-0.4, -0.2) is 73.3 Å². The number of carbonyl (C=O) groups excluding carboxylic acids is 3. The van der Waals surface area contributed by atoms with E-state index in [0.717, 1.165) is 21.8 Å². The molecule has 0 radical (unpaired) electrons. The zero-order chi connectivity index (χ0) is 24.3. The van der Waals surface area contributed by atoms with Gasteiger partial charge in [-0.25, -0.2) is 4.79 Å². The van der Waals surface area contributed by atoms with Crippen molar-refractivity contribution in [2.24, 2.45) is 0 Å².